The maximum atomic E-state index is 5.37. The first-order valence-electron chi connectivity index (χ1n) is 4.28. The zero-order valence-electron chi connectivity index (χ0n) is 6.95. The molecule has 64 valence electrons. The van der Waals surface area contributed by atoms with Gasteiger partial charge in [0, 0.05) is 13.2 Å². The maximum Gasteiger partial charge on any atom is 0.112 e. The number of rotatable bonds is 1. The predicted octanol–water partition coefficient (Wildman–Crippen LogP) is 0.801. The van der Waals surface area contributed by atoms with Gasteiger partial charge in [0.15, 0.2) is 0 Å². The van der Waals surface area contributed by atoms with Crippen LogP contribution in [0.4, 0.5) is 0 Å². The van der Waals surface area contributed by atoms with Gasteiger partial charge in [-0.3, -0.25) is 0 Å². The first-order chi connectivity index (χ1) is 5.42. The number of fused-ring (bicyclic) bond motifs is 1. The van der Waals surface area contributed by atoms with E-state index in [2.05, 4.69) is 4.90 Å². The molecule has 0 saturated carbocycles. The highest BCUT2D eigenvalue weighted by Crippen LogP contribution is 2.26. The van der Waals surface area contributed by atoms with Crippen LogP contribution >= 0.6 is 0 Å². The van der Waals surface area contributed by atoms with Crippen LogP contribution in [0.1, 0.15) is 19.3 Å². The molecule has 1 unspecified atom stereocenters. The molecule has 0 aromatic carbocycles. The molecule has 0 aliphatic carbocycles. The monoisotopic (exact) mass is 157 g/mol. The fraction of sp³-hybridized carbons (Fsp3) is 1.00. The molecule has 2 saturated heterocycles. The Hall–Kier alpha value is -0.120. The first kappa shape index (κ1) is 7.53. The summed E-state index contributed by atoms with van der Waals surface area (Å²) in [5, 5.41) is 0. The van der Waals surface area contributed by atoms with Gasteiger partial charge in [-0.05, 0) is 19.3 Å². The lowest BCUT2D eigenvalue weighted by Gasteiger charge is -2.34. The molecule has 0 N–H and O–H groups in total. The van der Waals surface area contributed by atoms with Crippen molar-refractivity contribution in [2.75, 3.05) is 20.4 Å². The summed E-state index contributed by atoms with van der Waals surface area (Å²) in [6, 6.07) is 0.633. The van der Waals surface area contributed by atoms with E-state index in [1.807, 2.05) is 0 Å². The van der Waals surface area contributed by atoms with Gasteiger partial charge in [-0.25, -0.2) is 4.90 Å². The van der Waals surface area contributed by atoms with Crippen LogP contribution in [-0.2, 0) is 9.47 Å². The Morgan fingerprint density at radius 2 is 2.36 bits per heavy atom. The molecule has 0 amide bonds. The van der Waals surface area contributed by atoms with Crippen LogP contribution in [0.3, 0.4) is 0 Å². The second kappa shape index (κ2) is 3.09. The van der Waals surface area contributed by atoms with E-state index in [9.17, 15) is 0 Å². The standard InChI is InChI=1S/C8H15NO2/c1-10-8-4-2-3-7-5-11-6-9(7)8/h7-8H,2-6H2,1H3/t7-,8?/m0/s1. The third-order valence-electron chi connectivity index (χ3n) is 2.65. The van der Waals surface area contributed by atoms with E-state index in [-0.39, 0.29) is 0 Å². The number of methoxy groups -OCH3 is 1. The number of piperidine rings is 1. The van der Waals surface area contributed by atoms with Gasteiger partial charge in [0.25, 0.3) is 0 Å². The largest absolute Gasteiger partial charge is 0.366 e. The molecule has 0 radical (unpaired) electrons. The van der Waals surface area contributed by atoms with Crippen LogP contribution in [0.15, 0.2) is 0 Å². The molecule has 0 aromatic rings. The Morgan fingerprint density at radius 1 is 1.45 bits per heavy atom. The Bertz CT molecular complexity index is 140. The lowest BCUT2D eigenvalue weighted by molar-refractivity contribution is -0.0753. The Kier molecular flexibility index (Phi) is 2.11. The SMILES string of the molecule is COC1CCC[C@H]2COCN12. The summed E-state index contributed by atoms with van der Waals surface area (Å²) in [5.41, 5.74) is 0. The smallest absolute Gasteiger partial charge is 0.112 e. The normalized spacial score (nSPS) is 39.0. The molecule has 2 aliphatic heterocycles. The van der Waals surface area contributed by atoms with Crippen molar-refractivity contribution in [3.05, 3.63) is 0 Å². The van der Waals surface area contributed by atoms with E-state index in [1.54, 1.807) is 7.11 Å². The van der Waals surface area contributed by atoms with Gasteiger partial charge in [-0.2, -0.15) is 0 Å². The minimum absolute atomic E-state index is 0.316. The van der Waals surface area contributed by atoms with Crippen molar-refractivity contribution in [3.8, 4) is 0 Å². The molecule has 3 nitrogen and oxygen atoms in total. The van der Waals surface area contributed by atoms with Crippen LogP contribution in [0.25, 0.3) is 0 Å². The summed E-state index contributed by atoms with van der Waals surface area (Å²) in [6.07, 6.45) is 4.04. The fourth-order valence-electron chi connectivity index (χ4n) is 2.01. The van der Waals surface area contributed by atoms with E-state index in [1.165, 1.54) is 12.8 Å². The third-order valence-corrected chi connectivity index (χ3v) is 2.65. The summed E-state index contributed by atoms with van der Waals surface area (Å²) in [7, 11) is 1.78. The number of nitrogens with zero attached hydrogens (tertiary/aromatic N) is 1. The lowest BCUT2D eigenvalue weighted by Crippen LogP contribution is -2.44. The summed E-state index contributed by atoms with van der Waals surface area (Å²) < 4.78 is 10.7. The van der Waals surface area contributed by atoms with E-state index in [4.69, 9.17) is 9.47 Å². The Labute approximate surface area is 67.3 Å². The molecular formula is C8H15NO2. The zero-order valence-corrected chi connectivity index (χ0v) is 6.95. The van der Waals surface area contributed by atoms with Crippen molar-refractivity contribution in [3.63, 3.8) is 0 Å². The molecule has 2 aliphatic rings. The molecule has 2 heterocycles. The average molecular weight is 157 g/mol. The molecule has 0 spiro atoms. The molecule has 0 bridgehead atoms. The quantitative estimate of drug-likeness (QED) is 0.562. The van der Waals surface area contributed by atoms with Gasteiger partial charge < -0.3 is 9.47 Å². The van der Waals surface area contributed by atoms with Gasteiger partial charge in [0.2, 0.25) is 0 Å². The van der Waals surface area contributed by atoms with Crippen LogP contribution in [0, 0.1) is 0 Å². The highest BCUT2D eigenvalue weighted by molar-refractivity contribution is 4.81. The lowest BCUT2D eigenvalue weighted by atomic mass is 10.0. The predicted molar refractivity (Wildman–Crippen MR) is 41.1 cm³/mol. The number of ether oxygens (including phenoxy) is 2. The van der Waals surface area contributed by atoms with Crippen molar-refractivity contribution in [1.29, 1.82) is 0 Å². The first-order valence-corrected chi connectivity index (χ1v) is 4.28. The number of hydrogen-bond donors (Lipinski definition) is 0. The topological polar surface area (TPSA) is 21.7 Å². The highest BCUT2D eigenvalue weighted by Gasteiger charge is 2.34. The highest BCUT2D eigenvalue weighted by atomic mass is 16.5. The molecule has 0 aromatic heterocycles. The van der Waals surface area contributed by atoms with E-state index in [0.717, 1.165) is 19.8 Å². The Morgan fingerprint density at radius 3 is 3.18 bits per heavy atom. The molecule has 3 heteroatoms. The second-order valence-corrected chi connectivity index (χ2v) is 3.29. The number of hydrogen-bond acceptors (Lipinski definition) is 3. The van der Waals surface area contributed by atoms with Gasteiger partial charge in [0.05, 0.1) is 6.61 Å². The Balaban J connectivity index is 2.00. The van der Waals surface area contributed by atoms with E-state index < -0.39 is 0 Å². The molecular weight excluding hydrogens is 142 g/mol. The minimum Gasteiger partial charge on any atom is -0.366 e. The van der Waals surface area contributed by atoms with Crippen molar-refractivity contribution >= 4 is 0 Å². The van der Waals surface area contributed by atoms with Gasteiger partial charge in [-0.15, -0.1) is 0 Å². The van der Waals surface area contributed by atoms with Crippen LogP contribution in [-0.4, -0.2) is 37.6 Å². The molecule has 11 heavy (non-hydrogen) atoms. The summed E-state index contributed by atoms with van der Waals surface area (Å²) >= 11 is 0. The second-order valence-electron chi connectivity index (χ2n) is 3.29. The van der Waals surface area contributed by atoms with Crippen LogP contribution in [0.5, 0.6) is 0 Å². The summed E-state index contributed by atoms with van der Waals surface area (Å²) in [5.74, 6) is 0. The van der Waals surface area contributed by atoms with Gasteiger partial charge in [-0.1, -0.05) is 0 Å². The molecule has 2 atom stereocenters. The van der Waals surface area contributed by atoms with Crippen molar-refractivity contribution < 1.29 is 9.47 Å². The summed E-state index contributed by atoms with van der Waals surface area (Å²) in [4.78, 5) is 2.32. The van der Waals surface area contributed by atoms with Crippen molar-refractivity contribution in [2.24, 2.45) is 0 Å². The third kappa shape index (κ3) is 1.28. The minimum atomic E-state index is 0.316. The fourth-order valence-corrected chi connectivity index (χ4v) is 2.01. The van der Waals surface area contributed by atoms with Crippen LogP contribution < -0.4 is 0 Å². The van der Waals surface area contributed by atoms with Crippen molar-refractivity contribution in [1.82, 2.24) is 4.90 Å². The summed E-state index contributed by atoms with van der Waals surface area (Å²) in [6.45, 7) is 1.67. The van der Waals surface area contributed by atoms with E-state index >= 15 is 0 Å². The molecule has 2 rings (SSSR count). The zero-order chi connectivity index (χ0) is 7.68. The van der Waals surface area contributed by atoms with Gasteiger partial charge >= 0.3 is 0 Å². The maximum absolute atomic E-state index is 5.37. The average Bonchev–Trinajstić information content (AvgIpc) is 2.50. The van der Waals surface area contributed by atoms with Gasteiger partial charge in [0.1, 0.15) is 13.0 Å². The van der Waals surface area contributed by atoms with Crippen molar-refractivity contribution in [2.45, 2.75) is 31.5 Å². The molecule has 2 fully saturated rings. The van der Waals surface area contributed by atoms with E-state index in [0.29, 0.717) is 12.3 Å². The van der Waals surface area contributed by atoms with Crippen LogP contribution in [0.2, 0.25) is 0 Å².